The minimum Gasteiger partial charge on any atom is -0.449 e. The number of benzene rings is 2. The first-order chi connectivity index (χ1) is 19.7. The number of nitrogens with zero attached hydrogens (tertiary/aromatic N) is 2. The van der Waals surface area contributed by atoms with Gasteiger partial charge < -0.3 is 14.2 Å². The number of hydrogen-bond donors (Lipinski definition) is 0. The summed E-state index contributed by atoms with van der Waals surface area (Å²) in [7, 11) is 1.39. The van der Waals surface area contributed by atoms with Crippen LogP contribution in [0.15, 0.2) is 30.3 Å². The van der Waals surface area contributed by atoms with Gasteiger partial charge in [-0.1, -0.05) is 6.07 Å². The van der Waals surface area contributed by atoms with Crippen molar-refractivity contribution >= 4 is 17.9 Å². The number of rotatable bonds is 7. The van der Waals surface area contributed by atoms with Crippen molar-refractivity contribution in [2.24, 2.45) is 0 Å². The monoisotopic (exact) mass is 602 g/mol. The van der Waals surface area contributed by atoms with Crippen molar-refractivity contribution in [3.8, 4) is 0 Å². The number of carbonyl (C=O) groups is 2. The minimum absolute atomic E-state index is 0.0309. The minimum atomic E-state index is -5.05. The molecular formula is C29H32F6N2O5. The summed E-state index contributed by atoms with van der Waals surface area (Å²) in [5, 5.41) is 0. The van der Waals surface area contributed by atoms with Gasteiger partial charge in [0.15, 0.2) is 0 Å². The number of anilines is 1. The quantitative estimate of drug-likeness (QED) is 0.246. The molecule has 2 aromatic rings. The summed E-state index contributed by atoms with van der Waals surface area (Å²) in [4.78, 5) is 29.0. The molecule has 0 saturated heterocycles. The molecule has 4 rings (SSSR count). The maximum absolute atomic E-state index is 13.6. The van der Waals surface area contributed by atoms with E-state index in [9.17, 15) is 35.9 Å². The zero-order valence-corrected chi connectivity index (χ0v) is 23.4. The third-order valence-corrected chi connectivity index (χ3v) is 7.45. The van der Waals surface area contributed by atoms with Crippen LogP contribution in [-0.2, 0) is 45.9 Å². The van der Waals surface area contributed by atoms with E-state index in [0.29, 0.717) is 23.4 Å². The molecule has 0 aromatic heterocycles. The Bertz CT molecular complexity index is 1280. The van der Waals surface area contributed by atoms with Crippen LogP contribution in [-0.4, -0.2) is 50.1 Å². The molecule has 2 aliphatic rings. The third kappa shape index (κ3) is 6.77. The molecular weight excluding hydrogens is 570 g/mol. The Kier molecular flexibility index (Phi) is 9.29. The molecule has 2 atom stereocenters. The molecule has 13 heteroatoms. The highest BCUT2D eigenvalue weighted by Crippen LogP contribution is 2.45. The number of hydrogen-bond acceptors (Lipinski definition) is 5. The van der Waals surface area contributed by atoms with E-state index in [1.807, 2.05) is 12.1 Å². The van der Waals surface area contributed by atoms with Crippen molar-refractivity contribution in [1.82, 2.24) is 4.90 Å². The Balaban J connectivity index is 1.83. The number of alkyl halides is 6. The Hall–Kier alpha value is -3.48. The highest BCUT2D eigenvalue weighted by molar-refractivity contribution is 5.91. The van der Waals surface area contributed by atoms with E-state index in [1.165, 1.54) is 12.0 Å². The molecule has 0 saturated carbocycles. The highest BCUT2D eigenvalue weighted by Gasteiger charge is 2.41. The van der Waals surface area contributed by atoms with Gasteiger partial charge in [-0.25, -0.2) is 9.59 Å². The van der Waals surface area contributed by atoms with E-state index in [1.54, 1.807) is 13.8 Å². The summed E-state index contributed by atoms with van der Waals surface area (Å²) >= 11 is 0. The van der Waals surface area contributed by atoms with Gasteiger partial charge in [-0.2, -0.15) is 26.3 Å². The molecule has 2 aromatic carbocycles. The summed E-state index contributed by atoms with van der Waals surface area (Å²) in [6, 6.07) is 3.62. The van der Waals surface area contributed by atoms with Crippen LogP contribution in [0.25, 0.3) is 0 Å². The van der Waals surface area contributed by atoms with E-state index >= 15 is 0 Å². The van der Waals surface area contributed by atoms with E-state index in [2.05, 4.69) is 0 Å². The number of halogens is 6. The molecule has 1 heterocycles. The van der Waals surface area contributed by atoms with Crippen LogP contribution in [0.5, 0.6) is 0 Å². The van der Waals surface area contributed by atoms with Gasteiger partial charge >= 0.3 is 24.5 Å². The fourth-order valence-corrected chi connectivity index (χ4v) is 5.57. The van der Waals surface area contributed by atoms with E-state index < -0.39 is 54.3 Å². The topological polar surface area (TPSA) is 68.3 Å². The van der Waals surface area contributed by atoms with Crippen molar-refractivity contribution in [2.75, 3.05) is 31.8 Å². The lowest BCUT2D eigenvalue weighted by Crippen LogP contribution is -2.48. The van der Waals surface area contributed by atoms with Crippen LogP contribution in [0.1, 0.15) is 66.1 Å². The molecule has 1 aliphatic carbocycles. The molecule has 42 heavy (non-hydrogen) atoms. The van der Waals surface area contributed by atoms with Crippen LogP contribution in [0.4, 0.5) is 41.6 Å². The van der Waals surface area contributed by atoms with Crippen molar-refractivity contribution in [3.63, 3.8) is 0 Å². The van der Waals surface area contributed by atoms with Crippen LogP contribution >= 0.6 is 0 Å². The molecule has 1 aliphatic heterocycles. The van der Waals surface area contributed by atoms with Gasteiger partial charge in [0.1, 0.15) is 6.61 Å². The number of fused-ring (bicyclic) bond motifs is 2. The Morgan fingerprint density at radius 3 is 2.12 bits per heavy atom. The zero-order valence-electron chi connectivity index (χ0n) is 23.4. The SMILES string of the molecule is CCOC(=O)N1c2cc3c(cc2[C@@H](N(Cc2cc(C(F)(F)F)cc(C(F)(F)F)c2)C(=O)OCCOC)C[C@H]1C)CCC3. The predicted octanol–water partition coefficient (Wildman–Crippen LogP) is 7.29. The fraction of sp³-hybridized carbons (Fsp3) is 0.517. The average Bonchev–Trinajstić information content (AvgIpc) is 3.37. The number of amides is 2. The zero-order chi connectivity index (χ0) is 30.8. The normalized spacial score (nSPS) is 18.4. The highest BCUT2D eigenvalue weighted by atomic mass is 19.4. The summed E-state index contributed by atoms with van der Waals surface area (Å²) in [6.07, 6.45) is -9.08. The maximum atomic E-state index is 13.6. The molecule has 0 radical (unpaired) electrons. The van der Waals surface area contributed by atoms with E-state index in [4.69, 9.17) is 14.2 Å². The summed E-state index contributed by atoms with van der Waals surface area (Å²) in [5.74, 6) is 0. The number of ether oxygens (including phenoxy) is 3. The van der Waals surface area contributed by atoms with Gasteiger partial charge in [0, 0.05) is 19.7 Å². The Morgan fingerprint density at radius 2 is 1.55 bits per heavy atom. The van der Waals surface area contributed by atoms with Crippen molar-refractivity contribution in [2.45, 2.75) is 70.5 Å². The lowest BCUT2D eigenvalue weighted by molar-refractivity contribution is -0.143. The lowest BCUT2D eigenvalue weighted by atomic mass is 9.88. The second-order valence-electron chi connectivity index (χ2n) is 10.4. The third-order valence-electron chi connectivity index (χ3n) is 7.45. The molecule has 0 bridgehead atoms. The summed E-state index contributed by atoms with van der Waals surface area (Å²) < 4.78 is 97.2. The van der Waals surface area contributed by atoms with E-state index in [0.717, 1.165) is 35.3 Å². The maximum Gasteiger partial charge on any atom is 0.416 e. The van der Waals surface area contributed by atoms with Crippen LogP contribution in [0.2, 0.25) is 0 Å². The van der Waals surface area contributed by atoms with Crippen LogP contribution in [0, 0.1) is 0 Å². The van der Waals surface area contributed by atoms with Gasteiger partial charge in [-0.15, -0.1) is 0 Å². The van der Waals surface area contributed by atoms with Gasteiger partial charge in [0.25, 0.3) is 0 Å². The number of carbonyl (C=O) groups excluding carboxylic acids is 2. The second kappa shape index (κ2) is 12.4. The smallest absolute Gasteiger partial charge is 0.416 e. The van der Waals surface area contributed by atoms with Crippen molar-refractivity contribution in [3.05, 3.63) is 63.7 Å². The number of aryl methyl sites for hydroxylation is 2. The van der Waals surface area contributed by atoms with Gasteiger partial charge in [0.05, 0.1) is 36.1 Å². The molecule has 0 fully saturated rings. The van der Waals surface area contributed by atoms with Gasteiger partial charge in [-0.3, -0.25) is 9.80 Å². The molecule has 0 N–H and O–H groups in total. The summed E-state index contributed by atoms with van der Waals surface area (Å²) in [5.41, 5.74) is -0.293. The Morgan fingerprint density at radius 1 is 0.929 bits per heavy atom. The Labute approximate surface area is 239 Å². The molecule has 7 nitrogen and oxygen atoms in total. The summed E-state index contributed by atoms with van der Waals surface area (Å²) in [6.45, 7) is 2.77. The first-order valence-electron chi connectivity index (χ1n) is 13.6. The van der Waals surface area contributed by atoms with Crippen LogP contribution < -0.4 is 4.90 Å². The predicted molar refractivity (Wildman–Crippen MR) is 140 cm³/mol. The first kappa shape index (κ1) is 31.5. The molecule has 2 amide bonds. The van der Waals surface area contributed by atoms with E-state index in [-0.39, 0.29) is 37.9 Å². The average molecular weight is 603 g/mol. The molecule has 0 unspecified atom stereocenters. The fourth-order valence-electron chi connectivity index (χ4n) is 5.57. The second-order valence-corrected chi connectivity index (χ2v) is 10.4. The number of methoxy groups -OCH3 is 1. The van der Waals surface area contributed by atoms with Crippen molar-refractivity contribution < 1.29 is 50.1 Å². The largest absolute Gasteiger partial charge is 0.449 e. The lowest BCUT2D eigenvalue weighted by Gasteiger charge is -2.43. The van der Waals surface area contributed by atoms with Gasteiger partial charge in [0.2, 0.25) is 0 Å². The molecule has 0 spiro atoms. The van der Waals surface area contributed by atoms with Crippen LogP contribution in [0.3, 0.4) is 0 Å². The standard InChI is InChI=1S/C29H32F6N2O5/c1-4-41-27(39)37-17(2)10-24(23-13-19-6-5-7-20(19)14-25(23)37)36(26(38)42-9-8-40-3)16-18-11-21(28(30,31)32)15-22(12-18)29(33,34)35/h11-15,17,24H,4-10,16H2,1-3H3/t17-,24+/m1/s1. The molecule has 230 valence electrons. The van der Waals surface area contributed by atoms with Crippen molar-refractivity contribution in [1.29, 1.82) is 0 Å². The first-order valence-corrected chi connectivity index (χ1v) is 13.6. The van der Waals surface area contributed by atoms with Gasteiger partial charge in [-0.05, 0) is 86.1 Å².